The minimum atomic E-state index is -4.48. The molecule has 3 N–H and O–H groups in total. The SMILES string of the molecule is Cc1ccc(Oc2ccc(Nc3ncnc4ccc(C#CCNC(=O)NCC(F)(F)F)cc34)cc2Cl)cn1. The molecule has 12 heteroatoms. The van der Waals surface area contributed by atoms with Crippen molar-refractivity contribution in [3.63, 3.8) is 0 Å². The Hall–Kier alpha value is -4.56. The fourth-order valence-corrected chi connectivity index (χ4v) is 3.41. The maximum atomic E-state index is 12.2. The molecule has 0 fully saturated rings. The van der Waals surface area contributed by atoms with Crippen molar-refractivity contribution < 1.29 is 22.7 Å². The summed E-state index contributed by atoms with van der Waals surface area (Å²) in [7, 11) is 0. The Bertz CT molecular complexity index is 1520. The number of nitrogens with zero attached hydrogens (tertiary/aromatic N) is 3. The summed E-state index contributed by atoms with van der Waals surface area (Å²) in [5.74, 6) is 7.10. The molecule has 0 aliphatic rings. The molecular weight excluding hydrogens is 521 g/mol. The number of alkyl halides is 3. The zero-order chi connectivity index (χ0) is 27.1. The molecule has 0 radical (unpaired) electrons. The number of rotatable bonds is 6. The number of urea groups is 1. The molecular formula is C26H20ClF3N6O2. The van der Waals surface area contributed by atoms with E-state index in [2.05, 4.69) is 37.4 Å². The van der Waals surface area contributed by atoms with E-state index in [9.17, 15) is 18.0 Å². The quantitative estimate of drug-likeness (QED) is 0.270. The molecule has 4 rings (SSSR count). The van der Waals surface area contributed by atoms with E-state index in [0.29, 0.717) is 44.5 Å². The van der Waals surface area contributed by atoms with Crippen molar-refractivity contribution >= 4 is 40.0 Å². The van der Waals surface area contributed by atoms with Gasteiger partial charge >= 0.3 is 12.2 Å². The van der Waals surface area contributed by atoms with Gasteiger partial charge in [-0.15, -0.1) is 0 Å². The summed E-state index contributed by atoms with van der Waals surface area (Å²) in [6.07, 6.45) is -1.45. The first-order valence-electron chi connectivity index (χ1n) is 11.2. The first kappa shape index (κ1) is 26.5. The van der Waals surface area contributed by atoms with Crippen molar-refractivity contribution in [2.75, 3.05) is 18.4 Å². The minimum Gasteiger partial charge on any atom is -0.454 e. The number of carbonyl (C=O) groups excluding carboxylic acids is 1. The number of amides is 2. The van der Waals surface area contributed by atoms with E-state index in [1.54, 1.807) is 54.0 Å². The number of ether oxygens (including phenoxy) is 1. The second-order valence-corrected chi connectivity index (χ2v) is 8.32. The molecule has 0 saturated heterocycles. The third kappa shape index (κ3) is 7.47. The maximum absolute atomic E-state index is 12.2. The van der Waals surface area contributed by atoms with Gasteiger partial charge < -0.3 is 20.7 Å². The predicted molar refractivity (Wildman–Crippen MR) is 138 cm³/mol. The highest BCUT2D eigenvalue weighted by molar-refractivity contribution is 6.32. The lowest BCUT2D eigenvalue weighted by atomic mass is 10.1. The van der Waals surface area contributed by atoms with Crippen molar-refractivity contribution in [3.8, 4) is 23.3 Å². The molecule has 2 heterocycles. The summed E-state index contributed by atoms with van der Waals surface area (Å²) >= 11 is 6.43. The Morgan fingerprint density at radius 1 is 1.05 bits per heavy atom. The van der Waals surface area contributed by atoms with Crippen molar-refractivity contribution in [1.82, 2.24) is 25.6 Å². The van der Waals surface area contributed by atoms with Crippen molar-refractivity contribution in [1.29, 1.82) is 0 Å². The summed E-state index contributed by atoms with van der Waals surface area (Å²) in [5, 5.41) is 8.23. The number of carbonyl (C=O) groups is 1. The third-order valence-electron chi connectivity index (χ3n) is 4.96. The lowest BCUT2D eigenvalue weighted by Gasteiger charge is -2.12. The zero-order valence-electron chi connectivity index (χ0n) is 19.9. The van der Waals surface area contributed by atoms with Gasteiger partial charge in [0.2, 0.25) is 0 Å². The van der Waals surface area contributed by atoms with Gasteiger partial charge in [-0.1, -0.05) is 23.4 Å². The number of hydrogen-bond donors (Lipinski definition) is 3. The molecule has 0 saturated carbocycles. The lowest BCUT2D eigenvalue weighted by Crippen LogP contribution is -2.40. The number of hydrogen-bond acceptors (Lipinski definition) is 6. The fourth-order valence-electron chi connectivity index (χ4n) is 3.19. The van der Waals surface area contributed by atoms with Crippen LogP contribution in [-0.4, -0.2) is 40.2 Å². The number of aromatic nitrogens is 3. The summed E-state index contributed by atoms with van der Waals surface area (Å²) in [6, 6.07) is 13.2. The molecule has 0 spiro atoms. The van der Waals surface area contributed by atoms with Gasteiger partial charge in [0.15, 0.2) is 0 Å². The van der Waals surface area contributed by atoms with Gasteiger partial charge in [-0.25, -0.2) is 14.8 Å². The first-order chi connectivity index (χ1) is 18.2. The van der Waals surface area contributed by atoms with Gasteiger partial charge in [-0.3, -0.25) is 4.98 Å². The van der Waals surface area contributed by atoms with Crippen LogP contribution in [0.3, 0.4) is 0 Å². The van der Waals surface area contributed by atoms with Gasteiger partial charge in [-0.05, 0) is 55.5 Å². The number of halogens is 4. The molecule has 2 aromatic carbocycles. The number of anilines is 2. The number of benzene rings is 2. The molecule has 0 atom stereocenters. The van der Waals surface area contributed by atoms with E-state index in [-0.39, 0.29) is 6.54 Å². The zero-order valence-corrected chi connectivity index (χ0v) is 20.6. The second kappa shape index (κ2) is 11.7. The highest BCUT2D eigenvalue weighted by Crippen LogP contribution is 2.33. The van der Waals surface area contributed by atoms with Crippen LogP contribution in [0.1, 0.15) is 11.3 Å². The van der Waals surface area contributed by atoms with Crippen LogP contribution in [0, 0.1) is 18.8 Å². The molecule has 0 bridgehead atoms. The molecule has 194 valence electrons. The number of aryl methyl sites for hydroxylation is 1. The summed E-state index contributed by atoms with van der Waals surface area (Å²) in [6.45, 7) is 0.328. The van der Waals surface area contributed by atoms with Crippen LogP contribution in [0.2, 0.25) is 5.02 Å². The van der Waals surface area contributed by atoms with Gasteiger partial charge in [0.25, 0.3) is 0 Å². The molecule has 2 amide bonds. The molecule has 0 aliphatic heterocycles. The number of nitrogens with one attached hydrogen (secondary N) is 3. The van der Waals surface area contributed by atoms with E-state index in [4.69, 9.17) is 16.3 Å². The summed E-state index contributed by atoms with van der Waals surface area (Å²) in [4.78, 5) is 24.2. The number of pyridine rings is 1. The van der Waals surface area contributed by atoms with Crippen molar-refractivity contribution in [3.05, 3.63) is 77.3 Å². The van der Waals surface area contributed by atoms with Crippen LogP contribution in [-0.2, 0) is 0 Å². The summed E-state index contributed by atoms with van der Waals surface area (Å²) < 4.78 is 42.3. The average Bonchev–Trinajstić information content (AvgIpc) is 2.88. The van der Waals surface area contributed by atoms with E-state index in [0.717, 1.165) is 5.69 Å². The maximum Gasteiger partial charge on any atom is 0.405 e. The van der Waals surface area contributed by atoms with Crippen LogP contribution in [0.5, 0.6) is 11.5 Å². The Labute approximate surface area is 220 Å². The van der Waals surface area contributed by atoms with Crippen LogP contribution in [0.25, 0.3) is 10.9 Å². The topological polar surface area (TPSA) is 101 Å². The summed E-state index contributed by atoms with van der Waals surface area (Å²) in [5.41, 5.74) is 2.80. The van der Waals surface area contributed by atoms with E-state index in [1.807, 2.05) is 13.0 Å². The van der Waals surface area contributed by atoms with Gasteiger partial charge in [0.05, 0.1) is 23.3 Å². The highest BCUT2D eigenvalue weighted by atomic mass is 35.5. The Morgan fingerprint density at radius 2 is 1.89 bits per heavy atom. The average molecular weight is 541 g/mol. The van der Waals surface area contributed by atoms with Gasteiger partial charge in [0, 0.05) is 22.3 Å². The monoisotopic (exact) mass is 540 g/mol. The third-order valence-corrected chi connectivity index (χ3v) is 5.26. The van der Waals surface area contributed by atoms with Crippen LogP contribution < -0.4 is 20.7 Å². The van der Waals surface area contributed by atoms with Crippen molar-refractivity contribution in [2.24, 2.45) is 0 Å². The molecule has 8 nitrogen and oxygen atoms in total. The Balaban J connectivity index is 1.44. The molecule has 0 aliphatic carbocycles. The minimum absolute atomic E-state index is 0.135. The van der Waals surface area contributed by atoms with Gasteiger partial charge in [0.1, 0.15) is 30.2 Å². The normalized spacial score (nSPS) is 10.9. The van der Waals surface area contributed by atoms with E-state index >= 15 is 0 Å². The second-order valence-electron chi connectivity index (χ2n) is 7.91. The molecule has 4 aromatic rings. The van der Waals surface area contributed by atoms with Gasteiger partial charge in [-0.2, -0.15) is 13.2 Å². The smallest absolute Gasteiger partial charge is 0.405 e. The lowest BCUT2D eigenvalue weighted by molar-refractivity contribution is -0.122. The van der Waals surface area contributed by atoms with Crippen LogP contribution in [0.15, 0.2) is 61.1 Å². The molecule has 2 aromatic heterocycles. The Kier molecular flexibility index (Phi) is 8.13. The standard InChI is InChI=1S/C26H20ClF3N6O2/c1-16-4-7-19(13-32-16)38-23-9-6-18(12-21(23)27)36-24-20-11-17(5-8-22(20)34-15-35-24)3-2-10-31-25(37)33-14-26(28,29)30/h4-9,11-13,15H,10,14H2,1H3,(H2,31,33,37)(H,34,35,36). The van der Waals surface area contributed by atoms with Crippen molar-refractivity contribution in [2.45, 2.75) is 13.1 Å². The fraction of sp³-hybridized carbons (Fsp3) is 0.154. The Morgan fingerprint density at radius 3 is 2.63 bits per heavy atom. The van der Waals surface area contributed by atoms with Crippen LogP contribution >= 0.6 is 11.6 Å². The first-order valence-corrected chi connectivity index (χ1v) is 11.5. The molecule has 0 unspecified atom stereocenters. The van der Waals surface area contributed by atoms with Crippen LogP contribution in [0.4, 0.5) is 29.5 Å². The van der Waals surface area contributed by atoms with E-state index in [1.165, 1.54) is 6.33 Å². The highest BCUT2D eigenvalue weighted by Gasteiger charge is 2.27. The number of fused-ring (bicyclic) bond motifs is 1. The predicted octanol–water partition coefficient (Wildman–Crippen LogP) is 5.74. The molecule has 38 heavy (non-hydrogen) atoms. The van der Waals surface area contributed by atoms with E-state index < -0.39 is 18.8 Å². The largest absolute Gasteiger partial charge is 0.454 e.